The van der Waals surface area contributed by atoms with Crippen molar-refractivity contribution >= 4 is 11.6 Å². The van der Waals surface area contributed by atoms with Crippen LogP contribution in [0.15, 0.2) is 18.2 Å². The molecule has 2 saturated carbocycles. The lowest BCUT2D eigenvalue weighted by Crippen LogP contribution is -2.45. The highest BCUT2D eigenvalue weighted by atomic mass is 19.1. The van der Waals surface area contributed by atoms with E-state index in [1.165, 1.54) is 31.4 Å². The van der Waals surface area contributed by atoms with Crippen LogP contribution in [0.3, 0.4) is 0 Å². The Morgan fingerprint density at radius 1 is 1.38 bits per heavy atom. The number of hydrogen-bond acceptors (Lipinski definition) is 2. The number of carbonyl (C=O) groups excluding carboxylic acids is 1. The number of carbonyl (C=O) groups is 1. The highest BCUT2D eigenvalue weighted by Crippen LogP contribution is 2.63. The molecule has 0 radical (unpaired) electrons. The van der Waals surface area contributed by atoms with Crippen molar-refractivity contribution in [3.63, 3.8) is 0 Å². The second-order valence-corrected chi connectivity index (χ2v) is 7.55. The Kier molecular flexibility index (Phi) is 3.05. The molecule has 1 aromatic carbocycles. The maximum atomic E-state index is 13.6. The summed E-state index contributed by atoms with van der Waals surface area (Å²) in [5.41, 5.74) is 6.43. The molecule has 2 aliphatic carbocycles. The second-order valence-electron chi connectivity index (χ2n) is 7.55. The van der Waals surface area contributed by atoms with E-state index in [1.54, 1.807) is 6.07 Å². The van der Waals surface area contributed by atoms with Crippen LogP contribution in [0, 0.1) is 22.6 Å². The first kappa shape index (κ1) is 14.4. The summed E-state index contributed by atoms with van der Waals surface area (Å²) in [6, 6.07) is 4.86. The lowest BCUT2D eigenvalue weighted by molar-refractivity contribution is 0.0996. The lowest BCUT2D eigenvalue weighted by atomic mass is 9.68. The summed E-state index contributed by atoms with van der Waals surface area (Å²) in [6.45, 7) is 6.94. The fourth-order valence-corrected chi connectivity index (χ4v) is 4.63. The van der Waals surface area contributed by atoms with Crippen LogP contribution < -0.4 is 11.1 Å². The zero-order chi connectivity index (χ0) is 15.4. The van der Waals surface area contributed by atoms with Gasteiger partial charge in [0.25, 0.3) is 5.91 Å². The maximum absolute atomic E-state index is 13.6. The van der Waals surface area contributed by atoms with E-state index in [0.717, 1.165) is 11.6 Å². The van der Waals surface area contributed by atoms with Gasteiger partial charge in [-0.1, -0.05) is 20.8 Å². The van der Waals surface area contributed by atoms with Crippen molar-refractivity contribution < 1.29 is 9.18 Å². The number of nitrogens with two attached hydrogens (primary N) is 1. The average molecular weight is 290 g/mol. The molecule has 1 aromatic rings. The van der Waals surface area contributed by atoms with Gasteiger partial charge in [-0.05, 0) is 54.2 Å². The molecule has 2 aliphatic rings. The van der Waals surface area contributed by atoms with Crippen LogP contribution in [0.5, 0.6) is 0 Å². The molecule has 0 aliphatic heterocycles. The van der Waals surface area contributed by atoms with Crippen LogP contribution in [0.25, 0.3) is 0 Å². The van der Waals surface area contributed by atoms with Gasteiger partial charge in [-0.25, -0.2) is 4.39 Å². The van der Waals surface area contributed by atoms with Crippen molar-refractivity contribution in [1.29, 1.82) is 0 Å². The molecular formula is C17H23FN2O. The largest absolute Gasteiger partial charge is 0.381 e. The Labute approximate surface area is 125 Å². The molecule has 114 valence electrons. The summed E-state index contributed by atoms with van der Waals surface area (Å²) >= 11 is 0. The summed E-state index contributed by atoms with van der Waals surface area (Å²) in [4.78, 5) is 11.3. The van der Waals surface area contributed by atoms with Crippen LogP contribution in [0.2, 0.25) is 0 Å². The quantitative estimate of drug-likeness (QED) is 0.894. The van der Waals surface area contributed by atoms with E-state index >= 15 is 0 Å². The van der Waals surface area contributed by atoms with Gasteiger partial charge in [0, 0.05) is 11.7 Å². The maximum Gasteiger partial charge on any atom is 0.251 e. The molecule has 2 fully saturated rings. The van der Waals surface area contributed by atoms with Gasteiger partial charge in [0.15, 0.2) is 0 Å². The minimum absolute atomic E-state index is 0.0499. The van der Waals surface area contributed by atoms with E-state index < -0.39 is 11.7 Å². The van der Waals surface area contributed by atoms with Crippen molar-refractivity contribution in [3.8, 4) is 0 Å². The Morgan fingerprint density at radius 3 is 2.67 bits per heavy atom. The van der Waals surface area contributed by atoms with Crippen molar-refractivity contribution in [2.75, 3.05) is 5.32 Å². The number of amides is 1. The average Bonchev–Trinajstić information content (AvgIpc) is 2.87. The lowest BCUT2D eigenvalue weighted by Gasteiger charge is -2.43. The fourth-order valence-electron chi connectivity index (χ4n) is 4.63. The third-order valence-corrected chi connectivity index (χ3v) is 5.81. The fraction of sp³-hybridized carbons (Fsp3) is 0.588. The van der Waals surface area contributed by atoms with Crippen molar-refractivity contribution in [2.45, 2.75) is 46.1 Å². The molecule has 3 nitrogen and oxygen atoms in total. The van der Waals surface area contributed by atoms with Gasteiger partial charge >= 0.3 is 0 Å². The highest BCUT2D eigenvalue weighted by Gasteiger charge is 2.59. The Morgan fingerprint density at radius 2 is 2.10 bits per heavy atom. The molecule has 0 saturated heterocycles. The first-order valence-electron chi connectivity index (χ1n) is 7.60. The topological polar surface area (TPSA) is 55.1 Å². The smallest absolute Gasteiger partial charge is 0.251 e. The number of nitrogens with one attached hydrogen (secondary N) is 1. The van der Waals surface area contributed by atoms with Crippen molar-refractivity contribution in [3.05, 3.63) is 29.6 Å². The molecule has 3 unspecified atom stereocenters. The SMILES string of the molecule is CC12CCC(C1)C(C)(C)C2Nc1ccc(F)c(C(N)=O)c1. The summed E-state index contributed by atoms with van der Waals surface area (Å²) in [5.74, 6) is -0.558. The molecule has 3 rings (SSSR count). The number of anilines is 1. The molecule has 0 heterocycles. The first-order valence-corrected chi connectivity index (χ1v) is 7.60. The number of primary amides is 1. The first-order chi connectivity index (χ1) is 9.74. The molecule has 3 atom stereocenters. The van der Waals surface area contributed by atoms with Crippen LogP contribution >= 0.6 is 0 Å². The normalized spacial score (nSPS) is 33.1. The summed E-state index contributed by atoms with van der Waals surface area (Å²) in [6.07, 6.45) is 3.75. The van der Waals surface area contributed by atoms with Crippen LogP contribution in [-0.4, -0.2) is 11.9 Å². The van der Waals surface area contributed by atoms with Gasteiger partial charge in [-0.2, -0.15) is 0 Å². The number of hydrogen-bond donors (Lipinski definition) is 2. The van der Waals surface area contributed by atoms with Crippen molar-refractivity contribution in [1.82, 2.24) is 0 Å². The molecule has 3 N–H and O–H groups in total. The van der Waals surface area contributed by atoms with Gasteiger partial charge in [-0.15, -0.1) is 0 Å². The van der Waals surface area contributed by atoms with Gasteiger partial charge in [0.05, 0.1) is 5.56 Å². The standard InChI is InChI=1S/C17H23FN2O/c1-16(2)10-6-7-17(3,9-10)15(16)20-11-4-5-13(18)12(8-11)14(19)21/h4-5,8,10,15,20H,6-7,9H2,1-3H3,(H2,19,21). The third kappa shape index (κ3) is 2.12. The van der Waals surface area contributed by atoms with Crippen molar-refractivity contribution in [2.24, 2.45) is 22.5 Å². The summed E-state index contributed by atoms with van der Waals surface area (Å²) in [5, 5.41) is 3.55. The van der Waals surface area contributed by atoms with Crippen LogP contribution in [-0.2, 0) is 0 Å². The number of rotatable bonds is 3. The Balaban J connectivity index is 1.90. The summed E-state index contributed by atoms with van der Waals surface area (Å²) in [7, 11) is 0. The highest BCUT2D eigenvalue weighted by molar-refractivity contribution is 5.94. The molecule has 1 amide bonds. The van der Waals surface area contributed by atoms with Gasteiger partial charge in [-0.3, -0.25) is 4.79 Å². The van der Waals surface area contributed by atoms with E-state index in [9.17, 15) is 9.18 Å². The van der Waals surface area contributed by atoms with Gasteiger partial charge in [0.2, 0.25) is 0 Å². The minimum Gasteiger partial charge on any atom is -0.381 e. The van der Waals surface area contributed by atoms with E-state index in [1.807, 2.05) is 0 Å². The minimum atomic E-state index is -0.727. The van der Waals surface area contributed by atoms with E-state index in [0.29, 0.717) is 6.04 Å². The molecule has 0 spiro atoms. The van der Waals surface area contributed by atoms with Gasteiger partial charge < -0.3 is 11.1 Å². The number of fused-ring (bicyclic) bond motifs is 2. The predicted octanol–water partition coefficient (Wildman–Crippen LogP) is 3.55. The third-order valence-electron chi connectivity index (χ3n) is 5.81. The molecular weight excluding hydrogens is 267 g/mol. The second kappa shape index (κ2) is 4.46. The van der Waals surface area contributed by atoms with E-state index in [2.05, 4.69) is 26.1 Å². The van der Waals surface area contributed by atoms with E-state index in [-0.39, 0.29) is 16.4 Å². The molecule has 21 heavy (non-hydrogen) atoms. The molecule has 4 heteroatoms. The predicted molar refractivity (Wildman–Crippen MR) is 81.6 cm³/mol. The Bertz CT molecular complexity index is 594. The monoisotopic (exact) mass is 290 g/mol. The zero-order valence-electron chi connectivity index (χ0n) is 12.9. The zero-order valence-corrected chi connectivity index (χ0v) is 12.9. The van der Waals surface area contributed by atoms with Gasteiger partial charge in [0.1, 0.15) is 5.82 Å². The molecule has 2 bridgehead atoms. The van der Waals surface area contributed by atoms with E-state index in [4.69, 9.17) is 5.73 Å². The number of benzene rings is 1. The number of halogens is 1. The summed E-state index contributed by atoms with van der Waals surface area (Å²) < 4.78 is 13.6. The van der Waals surface area contributed by atoms with Crippen LogP contribution in [0.1, 0.15) is 50.4 Å². The van der Waals surface area contributed by atoms with Crippen LogP contribution in [0.4, 0.5) is 10.1 Å². The Hall–Kier alpha value is -1.58. The molecule has 0 aromatic heterocycles.